The molecule has 2 amide bonds. The first-order valence-electron chi connectivity index (χ1n) is 11.6. The number of carboxylic acid groups (broad SMARTS) is 1. The molecule has 0 radical (unpaired) electrons. The second-order valence-electron chi connectivity index (χ2n) is 10.2. The Morgan fingerprint density at radius 3 is 2.22 bits per heavy atom. The first-order valence-corrected chi connectivity index (χ1v) is 11.6. The van der Waals surface area contributed by atoms with Crippen molar-refractivity contribution < 1.29 is 14.7 Å². The molecular formula is C27H36N2O3. The van der Waals surface area contributed by atoms with E-state index in [-0.39, 0.29) is 16.9 Å². The number of aromatic carboxylic acids is 1. The van der Waals surface area contributed by atoms with Crippen LogP contribution in [-0.2, 0) is 23.7 Å². The molecule has 2 aromatic carbocycles. The van der Waals surface area contributed by atoms with E-state index in [1.165, 1.54) is 11.1 Å². The number of carbonyl (C=O) groups excluding carboxylic acids is 1. The lowest BCUT2D eigenvalue weighted by molar-refractivity contribution is 0.0695. The Morgan fingerprint density at radius 1 is 0.938 bits per heavy atom. The highest BCUT2D eigenvalue weighted by atomic mass is 16.4. The van der Waals surface area contributed by atoms with Crippen molar-refractivity contribution in [2.75, 3.05) is 11.9 Å². The van der Waals surface area contributed by atoms with Crippen LogP contribution in [0.1, 0.15) is 86.5 Å². The van der Waals surface area contributed by atoms with Crippen molar-refractivity contribution >= 4 is 17.7 Å². The third kappa shape index (κ3) is 5.14. The van der Waals surface area contributed by atoms with Crippen molar-refractivity contribution in [2.45, 2.75) is 77.6 Å². The number of amides is 2. The Hall–Kier alpha value is -2.82. The zero-order valence-electron chi connectivity index (χ0n) is 20.0. The lowest BCUT2D eigenvalue weighted by atomic mass is 9.61. The number of hydrogen-bond donors (Lipinski definition) is 3. The highest BCUT2D eigenvalue weighted by molar-refractivity contribution is 5.90. The molecule has 3 rings (SSSR count). The molecule has 0 saturated heterocycles. The average molecular weight is 437 g/mol. The van der Waals surface area contributed by atoms with Crippen LogP contribution in [0.4, 0.5) is 10.5 Å². The van der Waals surface area contributed by atoms with Crippen molar-refractivity contribution in [1.82, 2.24) is 5.32 Å². The van der Waals surface area contributed by atoms with Gasteiger partial charge in [-0.05, 0) is 83.4 Å². The van der Waals surface area contributed by atoms with Crippen LogP contribution in [0.15, 0.2) is 36.4 Å². The van der Waals surface area contributed by atoms with Gasteiger partial charge in [0.1, 0.15) is 0 Å². The number of fused-ring (bicyclic) bond motifs is 1. The van der Waals surface area contributed by atoms with E-state index < -0.39 is 5.97 Å². The van der Waals surface area contributed by atoms with Gasteiger partial charge in [0.15, 0.2) is 0 Å². The molecule has 32 heavy (non-hydrogen) atoms. The molecule has 0 unspecified atom stereocenters. The molecule has 0 aliphatic heterocycles. The number of rotatable bonds is 7. The van der Waals surface area contributed by atoms with E-state index in [9.17, 15) is 14.7 Å². The summed E-state index contributed by atoms with van der Waals surface area (Å²) in [4.78, 5) is 23.9. The normalized spacial score (nSPS) is 16.2. The van der Waals surface area contributed by atoms with Crippen LogP contribution in [0.5, 0.6) is 0 Å². The van der Waals surface area contributed by atoms with E-state index in [4.69, 9.17) is 0 Å². The first kappa shape index (κ1) is 23.8. The number of nitrogens with one attached hydrogen (secondary N) is 2. The summed E-state index contributed by atoms with van der Waals surface area (Å²) in [6.07, 6.45) is 4.45. The predicted molar refractivity (Wildman–Crippen MR) is 130 cm³/mol. The topological polar surface area (TPSA) is 78.4 Å². The van der Waals surface area contributed by atoms with Crippen LogP contribution in [0.3, 0.4) is 0 Å². The number of carboxylic acids is 1. The van der Waals surface area contributed by atoms with Gasteiger partial charge in [0.2, 0.25) is 0 Å². The molecule has 172 valence electrons. The Morgan fingerprint density at radius 2 is 1.59 bits per heavy atom. The second kappa shape index (κ2) is 9.35. The van der Waals surface area contributed by atoms with Gasteiger partial charge in [-0.25, -0.2) is 9.59 Å². The van der Waals surface area contributed by atoms with Gasteiger partial charge < -0.3 is 15.7 Å². The molecule has 5 nitrogen and oxygen atoms in total. The summed E-state index contributed by atoms with van der Waals surface area (Å²) in [6.45, 7) is 11.6. The Balaban J connectivity index is 1.85. The molecule has 0 fully saturated rings. The maximum absolute atomic E-state index is 12.1. The molecule has 0 saturated carbocycles. The molecule has 0 heterocycles. The number of benzene rings is 2. The van der Waals surface area contributed by atoms with E-state index in [1.54, 1.807) is 6.07 Å². The van der Waals surface area contributed by atoms with Gasteiger partial charge in [0.25, 0.3) is 0 Å². The third-order valence-corrected chi connectivity index (χ3v) is 6.74. The van der Waals surface area contributed by atoms with E-state index in [0.717, 1.165) is 42.5 Å². The van der Waals surface area contributed by atoms with Gasteiger partial charge in [-0.3, -0.25) is 0 Å². The van der Waals surface area contributed by atoms with Crippen molar-refractivity contribution in [2.24, 2.45) is 0 Å². The summed E-state index contributed by atoms with van der Waals surface area (Å²) in [7, 11) is 0. The van der Waals surface area contributed by atoms with Gasteiger partial charge in [0, 0.05) is 12.2 Å². The zero-order chi connectivity index (χ0) is 23.5. The Kier molecular flexibility index (Phi) is 6.97. The van der Waals surface area contributed by atoms with Crippen LogP contribution >= 0.6 is 0 Å². The quantitative estimate of drug-likeness (QED) is 0.494. The van der Waals surface area contributed by atoms with Crippen LogP contribution < -0.4 is 10.6 Å². The van der Waals surface area contributed by atoms with Crippen molar-refractivity contribution in [3.63, 3.8) is 0 Å². The molecular weight excluding hydrogens is 400 g/mol. The summed E-state index contributed by atoms with van der Waals surface area (Å²) < 4.78 is 0. The minimum atomic E-state index is -0.861. The maximum Gasteiger partial charge on any atom is 0.335 e. The number of aryl methyl sites for hydroxylation is 1. The van der Waals surface area contributed by atoms with Gasteiger partial charge >= 0.3 is 12.0 Å². The first-order chi connectivity index (χ1) is 15.0. The minimum absolute atomic E-state index is 0.0440. The van der Waals surface area contributed by atoms with Gasteiger partial charge in [-0.2, -0.15) is 0 Å². The molecule has 2 aromatic rings. The molecule has 0 spiro atoms. The molecule has 3 N–H and O–H groups in total. The molecule has 0 atom stereocenters. The number of carbonyl (C=O) groups is 2. The van der Waals surface area contributed by atoms with Crippen LogP contribution in [0, 0.1) is 0 Å². The molecule has 0 bridgehead atoms. The fraction of sp³-hybridized carbons (Fsp3) is 0.481. The highest BCUT2D eigenvalue weighted by Crippen LogP contribution is 2.48. The standard InChI is InChI=1S/C27H36N2O3/c1-6-17-28-25(32)29-19-10-7-18(8-11-19)9-12-20-21(24(30)31)13-14-22-23(20)27(4,5)16-15-26(22,2)3/h7-8,10-11,13-14H,6,9,12,15-17H2,1-5H3,(H,30,31)(H2,28,29,32). The predicted octanol–water partition coefficient (Wildman–Crippen LogP) is 6.05. The minimum Gasteiger partial charge on any atom is -0.478 e. The fourth-order valence-corrected chi connectivity index (χ4v) is 4.77. The van der Waals surface area contributed by atoms with Crippen molar-refractivity contribution in [3.05, 3.63) is 64.2 Å². The van der Waals surface area contributed by atoms with Crippen LogP contribution in [-0.4, -0.2) is 23.7 Å². The van der Waals surface area contributed by atoms with Gasteiger partial charge in [-0.1, -0.05) is 52.8 Å². The summed E-state index contributed by atoms with van der Waals surface area (Å²) in [6, 6.07) is 11.4. The maximum atomic E-state index is 12.1. The van der Waals surface area contributed by atoms with E-state index in [1.807, 2.05) is 37.3 Å². The molecule has 5 heteroatoms. The van der Waals surface area contributed by atoms with Crippen molar-refractivity contribution in [1.29, 1.82) is 0 Å². The third-order valence-electron chi connectivity index (χ3n) is 6.74. The second-order valence-corrected chi connectivity index (χ2v) is 10.2. The molecule has 0 aromatic heterocycles. The van der Waals surface area contributed by atoms with Crippen LogP contribution in [0.25, 0.3) is 0 Å². The van der Waals surface area contributed by atoms with Crippen LogP contribution in [0.2, 0.25) is 0 Å². The average Bonchev–Trinajstić information content (AvgIpc) is 2.74. The summed E-state index contributed by atoms with van der Waals surface area (Å²) in [5.41, 5.74) is 5.74. The largest absolute Gasteiger partial charge is 0.478 e. The monoisotopic (exact) mass is 436 g/mol. The van der Waals surface area contributed by atoms with E-state index >= 15 is 0 Å². The van der Waals surface area contributed by atoms with Gasteiger partial charge in [0.05, 0.1) is 5.56 Å². The SMILES string of the molecule is CCCNC(=O)Nc1ccc(CCc2c(C(=O)O)ccc3c2C(C)(C)CCC3(C)C)cc1. The highest BCUT2D eigenvalue weighted by Gasteiger charge is 2.39. The lowest BCUT2D eigenvalue weighted by Crippen LogP contribution is -2.35. The number of urea groups is 1. The smallest absolute Gasteiger partial charge is 0.335 e. The zero-order valence-corrected chi connectivity index (χ0v) is 20.0. The van der Waals surface area contributed by atoms with E-state index in [2.05, 4.69) is 38.3 Å². The lowest BCUT2D eigenvalue weighted by Gasteiger charge is -2.43. The molecule has 1 aliphatic carbocycles. The fourth-order valence-electron chi connectivity index (χ4n) is 4.77. The molecule has 1 aliphatic rings. The summed E-state index contributed by atoms with van der Waals surface area (Å²) >= 11 is 0. The van der Waals surface area contributed by atoms with Crippen molar-refractivity contribution in [3.8, 4) is 0 Å². The Labute approximate surface area is 191 Å². The van der Waals surface area contributed by atoms with E-state index in [0.29, 0.717) is 18.5 Å². The Bertz CT molecular complexity index is 991. The number of anilines is 1. The summed E-state index contributed by atoms with van der Waals surface area (Å²) in [5, 5.41) is 15.5. The number of hydrogen-bond acceptors (Lipinski definition) is 2. The summed E-state index contributed by atoms with van der Waals surface area (Å²) in [5.74, 6) is -0.861. The van der Waals surface area contributed by atoms with Gasteiger partial charge in [-0.15, -0.1) is 0 Å².